The van der Waals surface area contributed by atoms with Gasteiger partial charge in [0, 0.05) is 11.8 Å². The molecule has 0 fully saturated rings. The fourth-order valence-corrected chi connectivity index (χ4v) is 1.33. The zero-order valence-electron chi connectivity index (χ0n) is 6.77. The highest BCUT2D eigenvalue weighted by Crippen LogP contribution is 2.12. The first-order valence-corrected chi connectivity index (χ1v) is 4.77. The minimum absolute atomic E-state index is 0.0837. The van der Waals surface area contributed by atoms with Crippen LogP contribution in [0.25, 0.3) is 0 Å². The van der Waals surface area contributed by atoms with Gasteiger partial charge in [-0.2, -0.15) is 11.8 Å². The molecule has 0 amide bonds. The topological polar surface area (TPSA) is 83.6 Å². The fourth-order valence-electron chi connectivity index (χ4n) is 0.719. The SMILES string of the molecule is O=C(O)c1cc(CSCCO)on1. The van der Waals surface area contributed by atoms with Crippen molar-refractivity contribution in [2.24, 2.45) is 0 Å². The van der Waals surface area contributed by atoms with Crippen LogP contribution >= 0.6 is 11.8 Å². The normalized spacial score (nSPS) is 10.2. The summed E-state index contributed by atoms with van der Waals surface area (Å²) in [5.74, 6) is 0.544. The standard InChI is InChI=1S/C7H9NO4S/c9-1-2-13-4-5-3-6(7(10)11)8-12-5/h3,9H,1-2,4H2,(H,10,11). The number of carbonyl (C=O) groups is 1. The summed E-state index contributed by atoms with van der Waals surface area (Å²) in [6.45, 7) is 0.102. The van der Waals surface area contributed by atoms with E-state index in [1.165, 1.54) is 17.8 Å². The van der Waals surface area contributed by atoms with E-state index in [-0.39, 0.29) is 12.3 Å². The van der Waals surface area contributed by atoms with Gasteiger partial charge in [-0.05, 0) is 0 Å². The molecule has 6 heteroatoms. The van der Waals surface area contributed by atoms with Crippen molar-refractivity contribution in [3.8, 4) is 0 Å². The van der Waals surface area contributed by atoms with E-state index in [9.17, 15) is 4.79 Å². The van der Waals surface area contributed by atoms with Crippen LogP contribution in [-0.2, 0) is 5.75 Å². The molecule has 0 aromatic carbocycles. The molecule has 0 atom stereocenters. The molecule has 1 rings (SSSR count). The highest BCUT2D eigenvalue weighted by Gasteiger charge is 2.09. The average Bonchev–Trinajstić information content (AvgIpc) is 2.53. The van der Waals surface area contributed by atoms with Crippen LogP contribution in [-0.4, -0.2) is 33.7 Å². The molecule has 0 aliphatic heterocycles. The number of aliphatic hydroxyl groups is 1. The summed E-state index contributed by atoms with van der Waals surface area (Å²) >= 11 is 1.45. The average molecular weight is 203 g/mol. The molecule has 0 saturated carbocycles. The van der Waals surface area contributed by atoms with Gasteiger partial charge in [0.05, 0.1) is 12.4 Å². The van der Waals surface area contributed by atoms with E-state index in [1.807, 2.05) is 0 Å². The monoisotopic (exact) mass is 203 g/mol. The van der Waals surface area contributed by atoms with Crippen molar-refractivity contribution in [2.75, 3.05) is 12.4 Å². The van der Waals surface area contributed by atoms with Gasteiger partial charge < -0.3 is 14.7 Å². The quantitative estimate of drug-likeness (QED) is 0.682. The lowest BCUT2D eigenvalue weighted by Crippen LogP contribution is -1.94. The van der Waals surface area contributed by atoms with Gasteiger partial charge in [-0.15, -0.1) is 0 Å². The first-order valence-electron chi connectivity index (χ1n) is 3.61. The molecule has 0 bridgehead atoms. The number of rotatable bonds is 5. The summed E-state index contributed by atoms with van der Waals surface area (Å²) in [4.78, 5) is 10.4. The first kappa shape index (κ1) is 10.1. The molecule has 0 unspecified atom stereocenters. The van der Waals surface area contributed by atoms with Crippen molar-refractivity contribution < 1.29 is 19.5 Å². The van der Waals surface area contributed by atoms with Crippen molar-refractivity contribution in [3.05, 3.63) is 17.5 Å². The van der Waals surface area contributed by atoms with Crippen molar-refractivity contribution in [1.29, 1.82) is 0 Å². The smallest absolute Gasteiger partial charge is 0.358 e. The summed E-state index contributed by atoms with van der Waals surface area (Å²) < 4.78 is 4.74. The number of nitrogens with zero attached hydrogens (tertiary/aromatic N) is 1. The maximum Gasteiger partial charge on any atom is 0.358 e. The van der Waals surface area contributed by atoms with Gasteiger partial charge in [-0.1, -0.05) is 5.16 Å². The Morgan fingerprint density at radius 1 is 1.69 bits per heavy atom. The third-order valence-corrected chi connectivity index (χ3v) is 2.22. The Morgan fingerprint density at radius 2 is 2.46 bits per heavy atom. The molecule has 5 nitrogen and oxygen atoms in total. The van der Waals surface area contributed by atoms with Gasteiger partial charge in [0.25, 0.3) is 0 Å². The number of hydrogen-bond acceptors (Lipinski definition) is 5. The molecule has 0 radical (unpaired) electrons. The number of hydrogen-bond donors (Lipinski definition) is 2. The number of carboxylic acid groups (broad SMARTS) is 1. The Kier molecular flexibility index (Phi) is 3.78. The zero-order valence-corrected chi connectivity index (χ0v) is 7.58. The van der Waals surface area contributed by atoms with E-state index in [0.29, 0.717) is 17.3 Å². The number of aromatic carboxylic acids is 1. The number of carboxylic acids is 1. The Bertz CT molecular complexity index is 286. The second-order valence-electron chi connectivity index (χ2n) is 2.26. The molecule has 1 heterocycles. The van der Waals surface area contributed by atoms with Crippen LogP contribution < -0.4 is 0 Å². The predicted octanol–water partition coefficient (Wildman–Crippen LogP) is 0.598. The Morgan fingerprint density at radius 3 is 3.00 bits per heavy atom. The largest absolute Gasteiger partial charge is 0.476 e. The molecule has 72 valence electrons. The molecular formula is C7H9NO4S. The molecular weight excluding hydrogens is 194 g/mol. The lowest BCUT2D eigenvalue weighted by atomic mass is 10.4. The minimum atomic E-state index is -1.10. The van der Waals surface area contributed by atoms with Crippen LogP contribution in [0.3, 0.4) is 0 Å². The lowest BCUT2D eigenvalue weighted by Gasteiger charge is -1.92. The molecule has 1 aromatic heterocycles. The van der Waals surface area contributed by atoms with Crippen molar-refractivity contribution in [1.82, 2.24) is 5.16 Å². The second-order valence-corrected chi connectivity index (χ2v) is 3.36. The van der Waals surface area contributed by atoms with Crippen LogP contribution in [0.2, 0.25) is 0 Å². The van der Waals surface area contributed by atoms with Crippen LogP contribution in [0, 0.1) is 0 Å². The van der Waals surface area contributed by atoms with E-state index >= 15 is 0 Å². The van der Waals surface area contributed by atoms with Gasteiger partial charge >= 0.3 is 5.97 Å². The van der Waals surface area contributed by atoms with Gasteiger partial charge in [0.1, 0.15) is 5.76 Å². The van der Waals surface area contributed by atoms with Crippen LogP contribution in [0.5, 0.6) is 0 Å². The maximum absolute atomic E-state index is 10.4. The van der Waals surface area contributed by atoms with Crippen LogP contribution in [0.1, 0.15) is 16.2 Å². The second kappa shape index (κ2) is 4.88. The molecule has 1 aromatic rings. The van der Waals surface area contributed by atoms with Crippen molar-refractivity contribution >= 4 is 17.7 Å². The number of thioether (sulfide) groups is 1. The summed E-state index contributed by atoms with van der Waals surface area (Å²) in [5.41, 5.74) is -0.0837. The zero-order chi connectivity index (χ0) is 9.68. The summed E-state index contributed by atoms with van der Waals surface area (Å²) in [6.07, 6.45) is 0. The van der Waals surface area contributed by atoms with Crippen molar-refractivity contribution in [2.45, 2.75) is 5.75 Å². The van der Waals surface area contributed by atoms with E-state index < -0.39 is 5.97 Å². The van der Waals surface area contributed by atoms with Crippen LogP contribution in [0.4, 0.5) is 0 Å². The fraction of sp³-hybridized carbons (Fsp3) is 0.429. The van der Waals surface area contributed by atoms with Crippen LogP contribution in [0.15, 0.2) is 10.6 Å². The van der Waals surface area contributed by atoms with Gasteiger partial charge in [-0.25, -0.2) is 4.79 Å². The summed E-state index contributed by atoms with van der Waals surface area (Å²) in [7, 11) is 0. The summed E-state index contributed by atoms with van der Waals surface area (Å²) in [6, 6.07) is 1.38. The molecule has 0 spiro atoms. The van der Waals surface area contributed by atoms with E-state index in [4.69, 9.17) is 14.7 Å². The highest BCUT2D eigenvalue weighted by molar-refractivity contribution is 7.98. The highest BCUT2D eigenvalue weighted by atomic mass is 32.2. The summed E-state index contributed by atoms with van der Waals surface area (Å²) in [5, 5.41) is 20.3. The van der Waals surface area contributed by atoms with Crippen molar-refractivity contribution in [3.63, 3.8) is 0 Å². The third-order valence-electron chi connectivity index (χ3n) is 1.26. The van der Waals surface area contributed by atoms with E-state index in [2.05, 4.69) is 5.16 Å². The van der Waals surface area contributed by atoms with Gasteiger partial charge in [-0.3, -0.25) is 0 Å². The Labute approximate surface area is 78.7 Å². The Balaban J connectivity index is 2.44. The number of aliphatic hydroxyl groups excluding tert-OH is 1. The molecule has 13 heavy (non-hydrogen) atoms. The van der Waals surface area contributed by atoms with Gasteiger partial charge in [0.15, 0.2) is 5.69 Å². The molecule has 0 aliphatic carbocycles. The molecule has 0 saturated heterocycles. The lowest BCUT2D eigenvalue weighted by molar-refractivity contribution is 0.0685. The predicted molar refractivity (Wildman–Crippen MR) is 46.7 cm³/mol. The number of aromatic nitrogens is 1. The Hall–Kier alpha value is -1.01. The first-order chi connectivity index (χ1) is 6.24. The molecule has 2 N–H and O–H groups in total. The molecule has 0 aliphatic rings. The maximum atomic E-state index is 10.4. The minimum Gasteiger partial charge on any atom is -0.476 e. The van der Waals surface area contributed by atoms with E-state index in [0.717, 1.165) is 0 Å². The third kappa shape index (κ3) is 3.08. The van der Waals surface area contributed by atoms with E-state index in [1.54, 1.807) is 0 Å². The van der Waals surface area contributed by atoms with Gasteiger partial charge in [0.2, 0.25) is 0 Å².